The first-order chi connectivity index (χ1) is 9.06. The number of aromatic carboxylic acids is 1. The lowest BCUT2D eigenvalue weighted by molar-refractivity contribution is 0.0690. The first kappa shape index (κ1) is 13.4. The van der Waals surface area contributed by atoms with E-state index in [4.69, 9.17) is 21.4 Å². The van der Waals surface area contributed by atoms with Crippen molar-refractivity contribution in [3.8, 4) is 11.4 Å². The molecule has 0 unspecified atom stereocenters. The molecule has 2 aromatic rings. The molecule has 1 heterocycles. The van der Waals surface area contributed by atoms with Crippen molar-refractivity contribution >= 4 is 17.6 Å². The number of ether oxygens (including phenoxy) is 1. The van der Waals surface area contributed by atoms with Gasteiger partial charge < -0.3 is 9.84 Å². The summed E-state index contributed by atoms with van der Waals surface area (Å²) in [6.45, 7) is 1.93. The third-order valence-corrected chi connectivity index (χ3v) is 3.04. The quantitative estimate of drug-likeness (QED) is 0.935. The number of hydrogen-bond donors (Lipinski definition) is 1. The summed E-state index contributed by atoms with van der Waals surface area (Å²) in [5.41, 5.74) is 1.53. The fraction of sp³-hybridized carbons (Fsp3) is 0.231. The Morgan fingerprint density at radius 3 is 2.74 bits per heavy atom. The summed E-state index contributed by atoms with van der Waals surface area (Å²) in [5.74, 6) is -0.484. The molecule has 1 N–H and O–H groups in total. The van der Waals surface area contributed by atoms with Crippen LogP contribution >= 0.6 is 11.6 Å². The molecule has 0 saturated carbocycles. The summed E-state index contributed by atoms with van der Waals surface area (Å²) in [7, 11) is 1.54. The molecule has 1 aromatic heterocycles. The lowest BCUT2D eigenvalue weighted by atomic mass is 10.2. The molecule has 6 heteroatoms. The monoisotopic (exact) mass is 280 g/mol. The Bertz CT molecular complexity index is 622. The predicted molar refractivity (Wildman–Crippen MR) is 71.5 cm³/mol. The van der Waals surface area contributed by atoms with Crippen LogP contribution in [0.3, 0.4) is 0 Å². The van der Waals surface area contributed by atoms with Crippen LogP contribution in [0.15, 0.2) is 24.3 Å². The van der Waals surface area contributed by atoms with Crippen LogP contribution in [0.2, 0.25) is 5.02 Å². The van der Waals surface area contributed by atoms with Crippen molar-refractivity contribution in [2.45, 2.75) is 13.3 Å². The molecule has 100 valence electrons. The molecular formula is C13H13ClN2O3. The fourth-order valence-electron chi connectivity index (χ4n) is 1.79. The van der Waals surface area contributed by atoms with Crippen LogP contribution in [0.25, 0.3) is 5.69 Å². The second-order valence-electron chi connectivity index (χ2n) is 3.91. The molecule has 0 aliphatic rings. The third-order valence-electron chi connectivity index (χ3n) is 2.74. The van der Waals surface area contributed by atoms with E-state index in [1.165, 1.54) is 7.11 Å². The summed E-state index contributed by atoms with van der Waals surface area (Å²) >= 11 is 6.06. The second-order valence-corrected chi connectivity index (χ2v) is 4.32. The summed E-state index contributed by atoms with van der Waals surface area (Å²) < 4.78 is 6.66. The van der Waals surface area contributed by atoms with Gasteiger partial charge in [-0.2, -0.15) is 5.10 Å². The van der Waals surface area contributed by atoms with Crippen LogP contribution in [-0.4, -0.2) is 28.0 Å². The fourth-order valence-corrected chi connectivity index (χ4v) is 2.04. The molecule has 19 heavy (non-hydrogen) atoms. The maximum atomic E-state index is 11.0. The molecule has 0 saturated heterocycles. The van der Waals surface area contributed by atoms with Gasteiger partial charge in [0.25, 0.3) is 0 Å². The van der Waals surface area contributed by atoms with Crippen molar-refractivity contribution in [2.75, 3.05) is 7.11 Å². The van der Waals surface area contributed by atoms with Crippen molar-refractivity contribution in [3.63, 3.8) is 0 Å². The second kappa shape index (κ2) is 5.32. The van der Waals surface area contributed by atoms with E-state index in [2.05, 4.69) is 5.10 Å². The highest BCUT2D eigenvalue weighted by atomic mass is 35.5. The van der Waals surface area contributed by atoms with Gasteiger partial charge >= 0.3 is 5.97 Å². The van der Waals surface area contributed by atoms with E-state index in [1.54, 1.807) is 28.9 Å². The Labute approximate surface area is 115 Å². The number of nitrogens with zero attached hydrogens (tertiary/aromatic N) is 2. The normalized spacial score (nSPS) is 10.5. The number of rotatable bonds is 4. The van der Waals surface area contributed by atoms with Gasteiger partial charge in [-0.25, -0.2) is 9.48 Å². The molecule has 5 nitrogen and oxygen atoms in total. The Morgan fingerprint density at radius 1 is 1.47 bits per heavy atom. The zero-order chi connectivity index (χ0) is 14.0. The van der Waals surface area contributed by atoms with E-state index in [-0.39, 0.29) is 5.69 Å². The number of methoxy groups -OCH3 is 1. The molecule has 0 atom stereocenters. The zero-order valence-corrected chi connectivity index (χ0v) is 11.3. The van der Waals surface area contributed by atoms with Gasteiger partial charge in [-0.1, -0.05) is 18.5 Å². The topological polar surface area (TPSA) is 64.3 Å². The van der Waals surface area contributed by atoms with Gasteiger partial charge in [0.05, 0.1) is 17.8 Å². The van der Waals surface area contributed by atoms with Crippen LogP contribution in [0.4, 0.5) is 0 Å². The van der Waals surface area contributed by atoms with Crippen LogP contribution in [0.1, 0.15) is 23.1 Å². The lowest BCUT2D eigenvalue weighted by Gasteiger charge is -2.08. The van der Waals surface area contributed by atoms with Crippen molar-refractivity contribution in [1.82, 2.24) is 9.78 Å². The highest BCUT2D eigenvalue weighted by molar-refractivity contribution is 6.32. The molecule has 1 aromatic carbocycles. The smallest absolute Gasteiger partial charge is 0.356 e. The van der Waals surface area contributed by atoms with Crippen molar-refractivity contribution < 1.29 is 14.6 Å². The molecular weight excluding hydrogens is 268 g/mol. The number of carboxylic acids is 1. The van der Waals surface area contributed by atoms with Crippen molar-refractivity contribution in [1.29, 1.82) is 0 Å². The molecule has 0 fully saturated rings. The van der Waals surface area contributed by atoms with E-state index >= 15 is 0 Å². The van der Waals surface area contributed by atoms with Gasteiger partial charge in [-0.15, -0.1) is 0 Å². The van der Waals surface area contributed by atoms with E-state index in [0.717, 1.165) is 5.69 Å². The number of halogens is 1. The third kappa shape index (κ3) is 2.56. The number of carbonyl (C=O) groups is 1. The SMILES string of the molecule is CCc1cc(C(=O)O)nn1-c1ccc(OC)c(Cl)c1. The van der Waals surface area contributed by atoms with Gasteiger partial charge in [0.2, 0.25) is 0 Å². The average molecular weight is 281 g/mol. The molecule has 0 radical (unpaired) electrons. The molecule has 0 aliphatic heterocycles. The molecule has 2 rings (SSSR count). The number of aryl methyl sites for hydroxylation is 1. The Balaban J connectivity index is 2.51. The molecule has 0 bridgehead atoms. The van der Waals surface area contributed by atoms with Crippen molar-refractivity contribution in [3.05, 3.63) is 40.7 Å². The molecule has 0 amide bonds. The van der Waals surface area contributed by atoms with Crippen LogP contribution < -0.4 is 4.74 Å². The van der Waals surface area contributed by atoms with Gasteiger partial charge in [-0.3, -0.25) is 0 Å². The maximum Gasteiger partial charge on any atom is 0.356 e. The Hall–Kier alpha value is -2.01. The summed E-state index contributed by atoms with van der Waals surface area (Å²) in [6.07, 6.45) is 0.671. The highest BCUT2D eigenvalue weighted by Gasteiger charge is 2.14. The summed E-state index contributed by atoms with van der Waals surface area (Å²) in [4.78, 5) is 11.0. The number of carboxylic acid groups (broad SMARTS) is 1. The lowest BCUT2D eigenvalue weighted by Crippen LogP contribution is -2.03. The minimum atomic E-state index is -1.05. The highest BCUT2D eigenvalue weighted by Crippen LogP contribution is 2.27. The van der Waals surface area contributed by atoms with E-state index < -0.39 is 5.97 Å². The summed E-state index contributed by atoms with van der Waals surface area (Å²) in [6, 6.07) is 6.75. The minimum absolute atomic E-state index is 0.0174. The first-order valence-electron chi connectivity index (χ1n) is 5.73. The van der Waals surface area contributed by atoms with E-state index in [0.29, 0.717) is 22.9 Å². The number of benzene rings is 1. The van der Waals surface area contributed by atoms with Gasteiger partial charge in [0, 0.05) is 5.69 Å². The maximum absolute atomic E-state index is 11.0. The Kier molecular flexibility index (Phi) is 3.76. The molecule has 0 spiro atoms. The van der Waals surface area contributed by atoms with E-state index in [1.807, 2.05) is 6.92 Å². The number of hydrogen-bond acceptors (Lipinski definition) is 3. The predicted octanol–water partition coefficient (Wildman–Crippen LogP) is 2.79. The van der Waals surface area contributed by atoms with Crippen LogP contribution in [0, 0.1) is 0 Å². The molecule has 0 aliphatic carbocycles. The largest absolute Gasteiger partial charge is 0.495 e. The Morgan fingerprint density at radius 2 is 2.21 bits per heavy atom. The first-order valence-corrected chi connectivity index (χ1v) is 6.10. The van der Waals surface area contributed by atoms with Gasteiger partial charge in [0.15, 0.2) is 5.69 Å². The summed E-state index contributed by atoms with van der Waals surface area (Å²) in [5, 5.41) is 13.5. The average Bonchev–Trinajstić information content (AvgIpc) is 2.82. The van der Waals surface area contributed by atoms with Gasteiger partial charge in [0.1, 0.15) is 5.75 Å². The van der Waals surface area contributed by atoms with Crippen molar-refractivity contribution in [2.24, 2.45) is 0 Å². The van der Waals surface area contributed by atoms with Crippen LogP contribution in [0.5, 0.6) is 5.75 Å². The zero-order valence-electron chi connectivity index (χ0n) is 10.6. The van der Waals surface area contributed by atoms with Gasteiger partial charge in [-0.05, 0) is 30.7 Å². The van der Waals surface area contributed by atoms with Crippen LogP contribution in [-0.2, 0) is 6.42 Å². The minimum Gasteiger partial charge on any atom is -0.495 e. The standard InChI is InChI=1S/C13H13ClN2O3/c1-3-8-7-11(13(17)18)15-16(8)9-4-5-12(19-2)10(14)6-9/h4-7H,3H2,1-2H3,(H,17,18). The number of aromatic nitrogens is 2. The van der Waals surface area contributed by atoms with E-state index in [9.17, 15) is 4.79 Å².